The minimum absolute atomic E-state index is 0. The van der Waals surface area contributed by atoms with E-state index >= 15 is 0 Å². The Balaban J connectivity index is 0.000000483. The normalized spacial score (nSPS) is 21.3. The summed E-state index contributed by atoms with van der Waals surface area (Å²) in [4.78, 5) is 23.3. The van der Waals surface area contributed by atoms with E-state index in [1.54, 1.807) is 43.2 Å². The van der Waals surface area contributed by atoms with E-state index in [1.807, 2.05) is 13.8 Å². The number of amides is 2. The predicted molar refractivity (Wildman–Crippen MR) is 110 cm³/mol. The van der Waals surface area contributed by atoms with Crippen LogP contribution in [0, 0.1) is 0 Å². The number of carboxylic acid groups (broad SMARTS) is 2. The molecule has 2 aliphatic rings. The summed E-state index contributed by atoms with van der Waals surface area (Å²) in [6.07, 6.45) is 1.36. The van der Waals surface area contributed by atoms with Crippen molar-refractivity contribution in [3.8, 4) is 0 Å². The van der Waals surface area contributed by atoms with Gasteiger partial charge in [0, 0.05) is 0 Å². The Morgan fingerprint density at radius 3 is 1.33 bits per heavy atom. The Kier molecular flexibility index (Phi) is 14.1. The first-order valence-electron chi connectivity index (χ1n) is 8.43. The van der Waals surface area contributed by atoms with E-state index in [-0.39, 0.29) is 30.2 Å². The summed E-state index contributed by atoms with van der Waals surface area (Å²) in [5.41, 5.74) is 2.39. The van der Waals surface area contributed by atoms with Gasteiger partial charge in [0.25, 0.3) is 0 Å². The van der Waals surface area contributed by atoms with Gasteiger partial charge in [-0.15, -0.1) is 0 Å². The van der Waals surface area contributed by atoms with E-state index in [2.05, 4.69) is 24.5 Å². The smallest absolute Gasteiger partial charge is 0.530 e. The van der Waals surface area contributed by atoms with Gasteiger partial charge < -0.3 is 30.4 Å². The van der Waals surface area contributed by atoms with Crippen molar-refractivity contribution < 1.29 is 39.3 Å². The van der Waals surface area contributed by atoms with Gasteiger partial charge in [0.1, 0.15) is 22.9 Å². The zero-order valence-corrected chi connectivity index (χ0v) is 22.2. The molecule has 2 unspecified atom stereocenters. The SMILES string of the molecule is CCC1=C(CC)C(NC(=O)[O-])SS1.CCC1=C(CC)C(NC(=O)[O-])SS1.[Zn+2]. The number of rotatable bonds is 6. The van der Waals surface area contributed by atoms with Gasteiger partial charge in [-0.3, -0.25) is 0 Å². The van der Waals surface area contributed by atoms with Gasteiger partial charge in [0.15, 0.2) is 0 Å². The molecule has 2 atom stereocenters. The molecule has 0 spiro atoms. The first-order chi connectivity index (χ1) is 12.4. The van der Waals surface area contributed by atoms with Crippen LogP contribution >= 0.6 is 43.2 Å². The Labute approximate surface area is 189 Å². The molecule has 0 saturated carbocycles. The molecular formula is C16H24N2O4S4Zn. The summed E-state index contributed by atoms with van der Waals surface area (Å²) in [5.74, 6) is 0. The third kappa shape index (κ3) is 8.52. The maximum absolute atomic E-state index is 10.3. The van der Waals surface area contributed by atoms with E-state index in [4.69, 9.17) is 0 Å². The van der Waals surface area contributed by atoms with Gasteiger partial charge in [-0.2, -0.15) is 0 Å². The van der Waals surface area contributed by atoms with Gasteiger partial charge in [-0.25, -0.2) is 0 Å². The molecule has 27 heavy (non-hydrogen) atoms. The van der Waals surface area contributed by atoms with E-state index in [0.717, 1.165) is 25.7 Å². The molecule has 0 bridgehead atoms. The van der Waals surface area contributed by atoms with Crippen LogP contribution in [0.1, 0.15) is 53.4 Å². The number of hydrogen-bond acceptors (Lipinski definition) is 8. The summed E-state index contributed by atoms with van der Waals surface area (Å²) in [7, 11) is 6.43. The van der Waals surface area contributed by atoms with Gasteiger partial charge in [0.2, 0.25) is 0 Å². The van der Waals surface area contributed by atoms with Gasteiger partial charge in [-0.05, 0) is 46.6 Å². The van der Waals surface area contributed by atoms with E-state index in [0.29, 0.717) is 0 Å². The summed E-state index contributed by atoms with van der Waals surface area (Å²) in [5, 5.41) is 25.3. The number of carbonyl (C=O) groups is 2. The van der Waals surface area contributed by atoms with Crippen molar-refractivity contribution in [2.75, 3.05) is 0 Å². The summed E-state index contributed by atoms with van der Waals surface area (Å²) in [6.45, 7) is 8.25. The molecule has 2 aliphatic heterocycles. The van der Waals surface area contributed by atoms with Crippen LogP contribution in [0.15, 0.2) is 21.0 Å². The maximum Gasteiger partial charge on any atom is 2.00 e. The Hall–Kier alpha value is 0.0434. The zero-order chi connectivity index (χ0) is 19.7. The van der Waals surface area contributed by atoms with Crippen molar-refractivity contribution in [1.82, 2.24) is 10.6 Å². The Morgan fingerprint density at radius 2 is 1.11 bits per heavy atom. The molecule has 2 rings (SSSR count). The first-order valence-corrected chi connectivity index (χ1v) is 12.9. The van der Waals surface area contributed by atoms with Crippen LogP contribution in [0.4, 0.5) is 9.59 Å². The third-order valence-electron chi connectivity index (χ3n) is 3.74. The molecule has 2 amide bonds. The molecule has 0 aromatic rings. The van der Waals surface area contributed by atoms with E-state index < -0.39 is 12.2 Å². The van der Waals surface area contributed by atoms with Crippen LogP contribution in [0.25, 0.3) is 0 Å². The number of carbonyl (C=O) groups excluding carboxylic acids is 2. The molecule has 2 heterocycles. The van der Waals surface area contributed by atoms with Crippen molar-refractivity contribution in [3.63, 3.8) is 0 Å². The fourth-order valence-corrected chi connectivity index (χ4v) is 8.80. The minimum atomic E-state index is -1.19. The number of allylic oxidation sites excluding steroid dienone is 2. The van der Waals surface area contributed by atoms with Crippen LogP contribution in [0.3, 0.4) is 0 Å². The average molecular weight is 502 g/mol. The number of hydrogen-bond donors (Lipinski definition) is 2. The molecule has 0 aliphatic carbocycles. The fourth-order valence-electron chi connectivity index (χ4n) is 2.50. The summed E-state index contributed by atoms with van der Waals surface area (Å²) < 4.78 is 0. The molecule has 6 nitrogen and oxygen atoms in total. The fraction of sp³-hybridized carbons (Fsp3) is 0.625. The second kappa shape index (κ2) is 14.1. The predicted octanol–water partition coefficient (Wildman–Crippen LogP) is 3.43. The minimum Gasteiger partial charge on any atom is -0.530 e. The quantitative estimate of drug-likeness (QED) is 0.421. The third-order valence-corrected chi connectivity index (χ3v) is 9.57. The molecule has 0 saturated heterocycles. The van der Waals surface area contributed by atoms with Crippen LogP contribution in [-0.2, 0) is 19.5 Å². The standard InChI is InChI=1S/2C8H13NO2S2.Zn/c2*1-3-5-6(4-2)12-13-7(5)9-8(10)11;/h2*7,9H,3-4H2,1-2H3,(H,10,11);/q;;+2/p-2. The Bertz CT molecular complexity index is 537. The maximum atomic E-state index is 10.3. The van der Waals surface area contributed by atoms with Crippen molar-refractivity contribution in [1.29, 1.82) is 0 Å². The van der Waals surface area contributed by atoms with Crippen molar-refractivity contribution in [2.45, 2.75) is 64.1 Å². The summed E-state index contributed by atoms with van der Waals surface area (Å²) in [6, 6.07) is 0. The van der Waals surface area contributed by atoms with Crippen molar-refractivity contribution in [3.05, 3.63) is 21.0 Å². The molecule has 0 aromatic heterocycles. The van der Waals surface area contributed by atoms with Crippen LogP contribution < -0.4 is 20.8 Å². The summed E-state index contributed by atoms with van der Waals surface area (Å²) >= 11 is 0. The largest absolute Gasteiger partial charge is 2.00 e. The van der Waals surface area contributed by atoms with Gasteiger partial charge >= 0.3 is 19.5 Å². The molecule has 148 valence electrons. The van der Waals surface area contributed by atoms with E-state index in [1.165, 1.54) is 21.0 Å². The molecular weight excluding hydrogens is 478 g/mol. The molecule has 2 N–H and O–H groups in total. The average Bonchev–Trinajstić information content (AvgIpc) is 3.16. The van der Waals surface area contributed by atoms with Crippen LogP contribution in [0.2, 0.25) is 0 Å². The van der Waals surface area contributed by atoms with Gasteiger partial charge in [0.05, 0.1) is 0 Å². The topological polar surface area (TPSA) is 104 Å². The monoisotopic (exact) mass is 500 g/mol. The first kappa shape index (κ1) is 27.0. The number of nitrogens with one attached hydrogen (secondary N) is 2. The van der Waals surface area contributed by atoms with Crippen LogP contribution in [-0.4, -0.2) is 22.9 Å². The Morgan fingerprint density at radius 1 is 0.778 bits per heavy atom. The second-order valence-electron chi connectivity index (χ2n) is 5.29. The molecule has 11 heteroatoms. The second-order valence-corrected chi connectivity index (χ2v) is 10.1. The van der Waals surface area contributed by atoms with Gasteiger partial charge in [-0.1, -0.05) is 70.9 Å². The van der Waals surface area contributed by atoms with Crippen molar-refractivity contribution in [2.24, 2.45) is 0 Å². The molecule has 0 radical (unpaired) electrons. The van der Waals surface area contributed by atoms with E-state index in [9.17, 15) is 19.8 Å². The van der Waals surface area contributed by atoms with Crippen LogP contribution in [0.5, 0.6) is 0 Å². The molecule has 0 fully saturated rings. The zero-order valence-electron chi connectivity index (χ0n) is 16.0. The molecule has 0 aromatic carbocycles. The van der Waals surface area contributed by atoms with Crippen molar-refractivity contribution >= 4 is 55.4 Å².